The van der Waals surface area contributed by atoms with Gasteiger partial charge in [0.1, 0.15) is 6.10 Å². The number of esters is 1. The van der Waals surface area contributed by atoms with Gasteiger partial charge in [-0.3, -0.25) is 4.79 Å². The maximum Gasteiger partial charge on any atom is 0.306 e. The molecule has 0 bridgehead atoms. The SMILES string of the molecule is CCCCC1CCCCCCC(=O)O1. The maximum absolute atomic E-state index is 11.3. The minimum absolute atomic E-state index is 0.0213. The molecule has 1 aliphatic rings. The topological polar surface area (TPSA) is 26.3 Å². The number of hydrogen-bond acceptors (Lipinski definition) is 2. The van der Waals surface area contributed by atoms with Crippen LogP contribution in [0.15, 0.2) is 0 Å². The predicted molar refractivity (Wildman–Crippen MR) is 57.1 cm³/mol. The normalized spacial score (nSPS) is 24.6. The molecular formula is C12H22O2. The minimum atomic E-state index is 0.0213. The van der Waals surface area contributed by atoms with Gasteiger partial charge in [0.25, 0.3) is 0 Å². The van der Waals surface area contributed by atoms with Crippen LogP contribution in [0.2, 0.25) is 0 Å². The number of rotatable bonds is 3. The zero-order valence-corrected chi connectivity index (χ0v) is 9.26. The van der Waals surface area contributed by atoms with Crippen molar-refractivity contribution in [2.24, 2.45) is 0 Å². The van der Waals surface area contributed by atoms with Gasteiger partial charge < -0.3 is 4.74 Å². The molecule has 1 unspecified atom stereocenters. The lowest BCUT2D eigenvalue weighted by molar-refractivity contribution is -0.149. The van der Waals surface area contributed by atoms with Crippen LogP contribution in [0.5, 0.6) is 0 Å². The van der Waals surface area contributed by atoms with Crippen molar-refractivity contribution in [1.82, 2.24) is 0 Å². The minimum Gasteiger partial charge on any atom is -0.462 e. The Balaban J connectivity index is 2.32. The Morgan fingerprint density at radius 2 is 2.07 bits per heavy atom. The van der Waals surface area contributed by atoms with Gasteiger partial charge >= 0.3 is 5.97 Å². The van der Waals surface area contributed by atoms with E-state index in [1.165, 1.54) is 32.1 Å². The predicted octanol–water partition coefficient (Wildman–Crippen LogP) is 3.44. The molecule has 0 spiro atoms. The third kappa shape index (κ3) is 4.64. The van der Waals surface area contributed by atoms with Crippen LogP contribution in [0, 0.1) is 0 Å². The van der Waals surface area contributed by atoms with Gasteiger partial charge in [-0.1, -0.05) is 32.6 Å². The molecule has 1 fully saturated rings. The molecular weight excluding hydrogens is 176 g/mol. The summed E-state index contributed by atoms with van der Waals surface area (Å²) in [5.74, 6) is 0.0213. The summed E-state index contributed by atoms with van der Waals surface area (Å²) in [5.41, 5.74) is 0. The van der Waals surface area contributed by atoms with Crippen LogP contribution in [0.4, 0.5) is 0 Å². The van der Waals surface area contributed by atoms with Crippen molar-refractivity contribution in [2.75, 3.05) is 0 Å². The van der Waals surface area contributed by atoms with E-state index in [0.717, 1.165) is 19.3 Å². The zero-order valence-electron chi connectivity index (χ0n) is 9.26. The Kier molecular flexibility index (Phi) is 5.65. The maximum atomic E-state index is 11.3. The van der Waals surface area contributed by atoms with Crippen molar-refractivity contribution in [2.45, 2.75) is 70.8 Å². The van der Waals surface area contributed by atoms with Crippen molar-refractivity contribution in [3.05, 3.63) is 0 Å². The fraction of sp³-hybridized carbons (Fsp3) is 0.917. The summed E-state index contributed by atoms with van der Waals surface area (Å²) in [4.78, 5) is 11.3. The second-order valence-electron chi connectivity index (χ2n) is 4.21. The van der Waals surface area contributed by atoms with Gasteiger partial charge in [0.15, 0.2) is 0 Å². The average Bonchev–Trinajstić information content (AvgIpc) is 2.27. The van der Waals surface area contributed by atoms with Gasteiger partial charge in [-0.2, -0.15) is 0 Å². The average molecular weight is 198 g/mol. The summed E-state index contributed by atoms with van der Waals surface area (Å²) >= 11 is 0. The number of hydrogen-bond donors (Lipinski definition) is 0. The lowest BCUT2D eigenvalue weighted by atomic mass is 10.1. The van der Waals surface area contributed by atoms with E-state index in [9.17, 15) is 4.79 Å². The van der Waals surface area contributed by atoms with Gasteiger partial charge in [0.05, 0.1) is 0 Å². The molecule has 1 heterocycles. The number of carbonyl (C=O) groups is 1. The van der Waals surface area contributed by atoms with E-state index in [0.29, 0.717) is 6.42 Å². The Morgan fingerprint density at radius 1 is 1.29 bits per heavy atom. The van der Waals surface area contributed by atoms with Crippen LogP contribution < -0.4 is 0 Å². The molecule has 1 rings (SSSR count). The highest BCUT2D eigenvalue weighted by Crippen LogP contribution is 2.18. The lowest BCUT2D eigenvalue weighted by Gasteiger charge is -2.16. The molecule has 82 valence electrons. The van der Waals surface area contributed by atoms with Crippen LogP contribution in [-0.4, -0.2) is 12.1 Å². The van der Waals surface area contributed by atoms with Crippen LogP contribution in [0.3, 0.4) is 0 Å². The molecule has 2 nitrogen and oxygen atoms in total. The molecule has 0 aromatic carbocycles. The van der Waals surface area contributed by atoms with E-state index in [-0.39, 0.29) is 12.1 Å². The number of ether oxygens (including phenoxy) is 1. The van der Waals surface area contributed by atoms with Crippen molar-refractivity contribution in [1.29, 1.82) is 0 Å². The highest BCUT2D eigenvalue weighted by molar-refractivity contribution is 5.69. The Morgan fingerprint density at radius 3 is 2.86 bits per heavy atom. The number of cyclic esters (lactones) is 1. The van der Waals surface area contributed by atoms with Gasteiger partial charge in [-0.25, -0.2) is 0 Å². The van der Waals surface area contributed by atoms with Gasteiger partial charge in [0, 0.05) is 6.42 Å². The summed E-state index contributed by atoms with van der Waals surface area (Å²) in [6.45, 7) is 2.18. The first-order chi connectivity index (χ1) is 6.83. The van der Waals surface area contributed by atoms with Crippen molar-refractivity contribution >= 4 is 5.97 Å². The first-order valence-electron chi connectivity index (χ1n) is 6.02. The Bertz CT molecular complexity index is 166. The van der Waals surface area contributed by atoms with E-state index in [1.807, 2.05) is 0 Å². The second kappa shape index (κ2) is 6.86. The molecule has 0 amide bonds. The van der Waals surface area contributed by atoms with E-state index in [2.05, 4.69) is 6.92 Å². The molecule has 1 aliphatic heterocycles. The third-order valence-electron chi connectivity index (χ3n) is 2.83. The number of unbranched alkanes of at least 4 members (excludes halogenated alkanes) is 1. The summed E-state index contributed by atoms with van der Waals surface area (Å²) in [6, 6.07) is 0. The molecule has 0 aromatic rings. The van der Waals surface area contributed by atoms with E-state index >= 15 is 0 Å². The Labute approximate surface area is 87.0 Å². The molecule has 2 heteroatoms. The molecule has 14 heavy (non-hydrogen) atoms. The first kappa shape index (κ1) is 11.5. The van der Waals surface area contributed by atoms with Gasteiger partial charge in [-0.15, -0.1) is 0 Å². The fourth-order valence-electron chi connectivity index (χ4n) is 1.93. The molecule has 0 N–H and O–H groups in total. The smallest absolute Gasteiger partial charge is 0.306 e. The van der Waals surface area contributed by atoms with E-state index in [1.54, 1.807) is 0 Å². The first-order valence-corrected chi connectivity index (χ1v) is 6.02. The highest BCUT2D eigenvalue weighted by atomic mass is 16.5. The van der Waals surface area contributed by atoms with Crippen LogP contribution >= 0.6 is 0 Å². The van der Waals surface area contributed by atoms with Crippen molar-refractivity contribution in [3.63, 3.8) is 0 Å². The van der Waals surface area contributed by atoms with Crippen molar-refractivity contribution < 1.29 is 9.53 Å². The van der Waals surface area contributed by atoms with Gasteiger partial charge in [-0.05, 0) is 25.7 Å². The summed E-state index contributed by atoms with van der Waals surface area (Å²) in [6.07, 6.45) is 10.0. The standard InChI is InChI=1S/C12H22O2/c1-2-3-8-11-9-6-4-5-7-10-12(13)14-11/h11H,2-10H2,1H3. The Hall–Kier alpha value is -0.530. The number of carbonyl (C=O) groups excluding carboxylic acids is 1. The second-order valence-corrected chi connectivity index (χ2v) is 4.21. The van der Waals surface area contributed by atoms with Crippen LogP contribution in [0.1, 0.15) is 64.7 Å². The van der Waals surface area contributed by atoms with E-state index < -0.39 is 0 Å². The molecule has 0 saturated carbocycles. The van der Waals surface area contributed by atoms with E-state index in [4.69, 9.17) is 4.74 Å². The third-order valence-corrected chi connectivity index (χ3v) is 2.83. The van der Waals surface area contributed by atoms with Crippen molar-refractivity contribution in [3.8, 4) is 0 Å². The molecule has 0 aromatic heterocycles. The highest BCUT2D eigenvalue weighted by Gasteiger charge is 2.15. The summed E-state index contributed by atoms with van der Waals surface area (Å²) in [7, 11) is 0. The molecule has 0 radical (unpaired) electrons. The summed E-state index contributed by atoms with van der Waals surface area (Å²) < 4.78 is 5.43. The fourth-order valence-corrected chi connectivity index (χ4v) is 1.93. The lowest BCUT2D eigenvalue weighted by Crippen LogP contribution is -2.17. The molecule has 1 saturated heterocycles. The summed E-state index contributed by atoms with van der Waals surface area (Å²) in [5, 5.41) is 0. The quantitative estimate of drug-likeness (QED) is 0.649. The monoisotopic (exact) mass is 198 g/mol. The van der Waals surface area contributed by atoms with Gasteiger partial charge in [0.2, 0.25) is 0 Å². The molecule has 1 atom stereocenters. The molecule has 0 aliphatic carbocycles. The van der Waals surface area contributed by atoms with Crippen LogP contribution in [-0.2, 0) is 9.53 Å². The zero-order chi connectivity index (χ0) is 10.2. The van der Waals surface area contributed by atoms with Crippen LogP contribution in [0.25, 0.3) is 0 Å². The largest absolute Gasteiger partial charge is 0.462 e.